The van der Waals surface area contributed by atoms with Crippen LogP contribution in [0.2, 0.25) is 0 Å². The van der Waals surface area contributed by atoms with Crippen LogP contribution in [0.4, 0.5) is 5.69 Å². The van der Waals surface area contributed by atoms with Crippen LogP contribution in [0.15, 0.2) is 24.3 Å². The molecule has 0 bridgehead atoms. The average molecular weight is 276 g/mol. The molecule has 5 nitrogen and oxygen atoms in total. The molecular formula is C15H20N2O3. The molecule has 20 heavy (non-hydrogen) atoms. The van der Waals surface area contributed by atoms with Gasteiger partial charge in [0, 0.05) is 20.5 Å². The number of anilines is 1. The number of hydrogen-bond donors (Lipinski definition) is 2. The largest absolute Gasteiger partial charge is 0.391 e. The first-order valence-corrected chi connectivity index (χ1v) is 6.80. The molecule has 108 valence electrons. The second-order valence-electron chi connectivity index (χ2n) is 5.21. The Hall–Kier alpha value is -1.88. The molecule has 1 fully saturated rings. The third-order valence-corrected chi connectivity index (χ3v) is 3.62. The van der Waals surface area contributed by atoms with Crippen molar-refractivity contribution in [3.63, 3.8) is 0 Å². The number of amides is 2. The summed E-state index contributed by atoms with van der Waals surface area (Å²) in [6, 6.07) is 6.94. The first-order valence-electron chi connectivity index (χ1n) is 6.80. The molecule has 0 aromatic heterocycles. The molecule has 2 rings (SSSR count). The predicted molar refractivity (Wildman–Crippen MR) is 76.6 cm³/mol. The van der Waals surface area contributed by atoms with Gasteiger partial charge in [0.2, 0.25) is 5.91 Å². The third-order valence-electron chi connectivity index (χ3n) is 3.62. The molecular weight excluding hydrogens is 256 g/mol. The van der Waals surface area contributed by atoms with Crippen LogP contribution in [0, 0.1) is 5.92 Å². The fourth-order valence-corrected chi connectivity index (χ4v) is 2.07. The zero-order valence-electron chi connectivity index (χ0n) is 11.8. The van der Waals surface area contributed by atoms with E-state index in [4.69, 9.17) is 0 Å². The minimum absolute atomic E-state index is 0.136. The number of nitrogens with zero attached hydrogens (tertiary/aromatic N) is 1. The van der Waals surface area contributed by atoms with Gasteiger partial charge in [0.05, 0.1) is 17.4 Å². The van der Waals surface area contributed by atoms with Crippen LogP contribution in [0.1, 0.15) is 30.1 Å². The lowest BCUT2D eigenvalue weighted by atomic mass is 10.1. The molecule has 0 saturated heterocycles. The normalized spacial score (nSPS) is 15.6. The van der Waals surface area contributed by atoms with Crippen LogP contribution in [-0.4, -0.2) is 36.6 Å². The van der Waals surface area contributed by atoms with Gasteiger partial charge < -0.3 is 15.3 Å². The maximum atomic E-state index is 12.2. The molecule has 1 aliphatic rings. The highest BCUT2D eigenvalue weighted by atomic mass is 16.3. The summed E-state index contributed by atoms with van der Waals surface area (Å²) in [7, 11) is 1.63. The van der Waals surface area contributed by atoms with Gasteiger partial charge in [-0.25, -0.2) is 0 Å². The van der Waals surface area contributed by atoms with Crippen molar-refractivity contribution in [2.24, 2.45) is 5.92 Å². The number of hydrogen-bond acceptors (Lipinski definition) is 3. The van der Waals surface area contributed by atoms with Crippen molar-refractivity contribution in [3.8, 4) is 0 Å². The molecule has 0 radical (unpaired) electrons. The van der Waals surface area contributed by atoms with Gasteiger partial charge >= 0.3 is 0 Å². The second kappa shape index (κ2) is 6.05. The van der Waals surface area contributed by atoms with Gasteiger partial charge in [0.25, 0.3) is 5.91 Å². The lowest BCUT2D eigenvalue weighted by Crippen LogP contribution is -2.34. The highest BCUT2D eigenvalue weighted by Crippen LogP contribution is 2.32. The molecule has 0 aliphatic heterocycles. The summed E-state index contributed by atoms with van der Waals surface area (Å²) < 4.78 is 0. The van der Waals surface area contributed by atoms with E-state index in [1.807, 2.05) is 0 Å². The van der Waals surface area contributed by atoms with E-state index in [1.165, 1.54) is 11.8 Å². The molecule has 1 unspecified atom stereocenters. The number of aliphatic hydroxyl groups is 1. The standard InChI is InChI=1S/C15H20N2O3/c1-10(18)17(2)13-6-4-3-5-12(13)15(20)16-9-14(19)11-7-8-11/h3-6,11,14,19H,7-9H2,1-2H3,(H,16,20). The average Bonchev–Trinajstić information content (AvgIpc) is 3.28. The quantitative estimate of drug-likeness (QED) is 0.848. The number of carbonyl (C=O) groups excluding carboxylic acids is 2. The summed E-state index contributed by atoms with van der Waals surface area (Å²) in [4.78, 5) is 25.1. The van der Waals surface area contributed by atoms with Crippen molar-refractivity contribution in [1.82, 2.24) is 5.32 Å². The highest BCUT2D eigenvalue weighted by molar-refractivity contribution is 6.04. The van der Waals surface area contributed by atoms with Crippen LogP contribution in [-0.2, 0) is 4.79 Å². The van der Waals surface area contributed by atoms with Gasteiger partial charge in [0.15, 0.2) is 0 Å². The van der Waals surface area contributed by atoms with Crippen molar-refractivity contribution in [3.05, 3.63) is 29.8 Å². The maximum absolute atomic E-state index is 12.2. The fraction of sp³-hybridized carbons (Fsp3) is 0.467. The van der Waals surface area contributed by atoms with E-state index in [0.717, 1.165) is 12.8 Å². The van der Waals surface area contributed by atoms with E-state index in [2.05, 4.69) is 5.32 Å². The smallest absolute Gasteiger partial charge is 0.253 e. The Kier molecular flexibility index (Phi) is 4.39. The molecule has 1 aromatic rings. The number of rotatable bonds is 5. The van der Waals surface area contributed by atoms with Crippen molar-refractivity contribution in [2.45, 2.75) is 25.9 Å². The second-order valence-corrected chi connectivity index (χ2v) is 5.21. The van der Waals surface area contributed by atoms with Crippen LogP contribution < -0.4 is 10.2 Å². The van der Waals surface area contributed by atoms with E-state index in [1.54, 1.807) is 31.3 Å². The molecule has 1 atom stereocenters. The van der Waals surface area contributed by atoms with E-state index in [9.17, 15) is 14.7 Å². The van der Waals surface area contributed by atoms with E-state index in [-0.39, 0.29) is 18.4 Å². The zero-order valence-corrected chi connectivity index (χ0v) is 11.8. The van der Waals surface area contributed by atoms with Gasteiger partial charge in [-0.15, -0.1) is 0 Å². The first kappa shape index (κ1) is 14.5. The number of benzene rings is 1. The SMILES string of the molecule is CC(=O)N(C)c1ccccc1C(=O)NCC(O)C1CC1. The number of para-hydroxylation sites is 1. The Morgan fingerprint density at radius 1 is 1.40 bits per heavy atom. The van der Waals surface area contributed by atoms with E-state index in [0.29, 0.717) is 17.2 Å². The van der Waals surface area contributed by atoms with Crippen LogP contribution in [0.25, 0.3) is 0 Å². The highest BCUT2D eigenvalue weighted by Gasteiger charge is 2.30. The van der Waals surface area contributed by atoms with Gasteiger partial charge in [-0.1, -0.05) is 12.1 Å². The predicted octanol–water partition coefficient (Wildman–Crippen LogP) is 1.17. The Labute approximate surface area is 118 Å². The van der Waals surface area contributed by atoms with Crippen molar-refractivity contribution < 1.29 is 14.7 Å². The molecule has 1 aliphatic carbocycles. The van der Waals surface area contributed by atoms with E-state index < -0.39 is 6.10 Å². The molecule has 0 heterocycles. The van der Waals surface area contributed by atoms with Crippen LogP contribution in [0.3, 0.4) is 0 Å². The monoisotopic (exact) mass is 276 g/mol. The molecule has 1 aromatic carbocycles. The fourth-order valence-electron chi connectivity index (χ4n) is 2.07. The molecule has 1 saturated carbocycles. The minimum atomic E-state index is -0.475. The minimum Gasteiger partial charge on any atom is -0.391 e. The van der Waals surface area contributed by atoms with Gasteiger partial charge in [-0.3, -0.25) is 9.59 Å². The van der Waals surface area contributed by atoms with Crippen molar-refractivity contribution in [2.75, 3.05) is 18.5 Å². The molecule has 5 heteroatoms. The number of nitrogens with one attached hydrogen (secondary N) is 1. The lowest BCUT2D eigenvalue weighted by Gasteiger charge is -2.19. The lowest BCUT2D eigenvalue weighted by molar-refractivity contribution is -0.116. The van der Waals surface area contributed by atoms with E-state index >= 15 is 0 Å². The Morgan fingerprint density at radius 3 is 2.65 bits per heavy atom. The maximum Gasteiger partial charge on any atom is 0.253 e. The Morgan fingerprint density at radius 2 is 2.05 bits per heavy atom. The molecule has 0 spiro atoms. The van der Waals surface area contributed by atoms with Crippen molar-refractivity contribution in [1.29, 1.82) is 0 Å². The molecule has 2 N–H and O–H groups in total. The van der Waals surface area contributed by atoms with Crippen LogP contribution >= 0.6 is 0 Å². The van der Waals surface area contributed by atoms with Gasteiger partial charge in [0.1, 0.15) is 0 Å². The Balaban J connectivity index is 2.06. The summed E-state index contributed by atoms with van der Waals surface area (Å²) in [5.74, 6) is -0.0814. The summed E-state index contributed by atoms with van der Waals surface area (Å²) in [5.41, 5.74) is 1.01. The number of carbonyl (C=O) groups is 2. The summed E-state index contributed by atoms with van der Waals surface area (Å²) >= 11 is 0. The molecule has 2 amide bonds. The topological polar surface area (TPSA) is 69.6 Å². The summed E-state index contributed by atoms with van der Waals surface area (Å²) in [5, 5.41) is 12.5. The van der Waals surface area contributed by atoms with Crippen LogP contribution in [0.5, 0.6) is 0 Å². The van der Waals surface area contributed by atoms with Gasteiger partial charge in [-0.2, -0.15) is 0 Å². The Bertz CT molecular complexity index is 512. The van der Waals surface area contributed by atoms with Crippen molar-refractivity contribution >= 4 is 17.5 Å². The first-order chi connectivity index (χ1) is 9.50. The number of aliphatic hydroxyl groups excluding tert-OH is 1. The van der Waals surface area contributed by atoms with Gasteiger partial charge in [-0.05, 0) is 30.9 Å². The summed E-state index contributed by atoms with van der Waals surface area (Å²) in [6.07, 6.45) is 1.58. The summed E-state index contributed by atoms with van der Waals surface area (Å²) in [6.45, 7) is 1.70. The zero-order chi connectivity index (χ0) is 14.7. The third kappa shape index (κ3) is 3.36.